The fourth-order valence-corrected chi connectivity index (χ4v) is 2.41. The average Bonchev–Trinajstić information content (AvgIpc) is 2.84. The van der Waals surface area contributed by atoms with Gasteiger partial charge in [0.25, 0.3) is 0 Å². The van der Waals surface area contributed by atoms with E-state index in [1.54, 1.807) is 23.8 Å². The standard InChI is InChI=1S/C13H12FNO2S/c14-11-3-1-9(2-4-11)5-10(13(16)17)6-12-7-15-8-18-12/h1-4,7-8,10H,5-6H2,(H,16,17). The van der Waals surface area contributed by atoms with Crippen molar-refractivity contribution in [2.75, 3.05) is 0 Å². The van der Waals surface area contributed by atoms with Crippen molar-refractivity contribution in [1.82, 2.24) is 4.98 Å². The lowest BCUT2D eigenvalue weighted by molar-refractivity contribution is -0.141. The van der Waals surface area contributed by atoms with Crippen molar-refractivity contribution >= 4 is 17.3 Å². The number of rotatable bonds is 5. The molecule has 0 fully saturated rings. The number of carboxylic acid groups (broad SMARTS) is 1. The summed E-state index contributed by atoms with van der Waals surface area (Å²) in [5.74, 6) is -1.66. The molecule has 1 aromatic heterocycles. The number of aliphatic carboxylic acids is 1. The van der Waals surface area contributed by atoms with E-state index in [0.717, 1.165) is 10.4 Å². The molecule has 0 radical (unpaired) electrons. The minimum Gasteiger partial charge on any atom is -0.481 e. The van der Waals surface area contributed by atoms with E-state index in [0.29, 0.717) is 12.8 Å². The first-order chi connectivity index (χ1) is 8.65. The molecule has 0 aliphatic rings. The molecular formula is C13H12FNO2S. The van der Waals surface area contributed by atoms with Crippen LogP contribution >= 0.6 is 11.3 Å². The summed E-state index contributed by atoms with van der Waals surface area (Å²) in [4.78, 5) is 16.1. The number of aromatic nitrogens is 1. The van der Waals surface area contributed by atoms with Crippen LogP contribution < -0.4 is 0 Å². The molecule has 0 aliphatic carbocycles. The summed E-state index contributed by atoms with van der Waals surface area (Å²) in [6, 6.07) is 5.94. The molecule has 1 unspecified atom stereocenters. The predicted octanol–water partition coefficient (Wildman–Crippen LogP) is 2.77. The van der Waals surface area contributed by atoms with Crippen molar-refractivity contribution in [3.8, 4) is 0 Å². The van der Waals surface area contributed by atoms with Gasteiger partial charge >= 0.3 is 5.97 Å². The van der Waals surface area contributed by atoms with Gasteiger partial charge in [0.15, 0.2) is 0 Å². The maximum Gasteiger partial charge on any atom is 0.307 e. The summed E-state index contributed by atoms with van der Waals surface area (Å²) < 4.78 is 12.8. The number of hydrogen-bond acceptors (Lipinski definition) is 3. The number of benzene rings is 1. The Morgan fingerprint density at radius 2 is 2.06 bits per heavy atom. The lowest BCUT2D eigenvalue weighted by Gasteiger charge is -2.11. The number of carboxylic acids is 1. The van der Waals surface area contributed by atoms with Crippen LogP contribution in [0.4, 0.5) is 4.39 Å². The van der Waals surface area contributed by atoms with E-state index < -0.39 is 11.9 Å². The van der Waals surface area contributed by atoms with E-state index in [2.05, 4.69) is 4.98 Å². The Kier molecular flexibility index (Phi) is 4.04. The lowest BCUT2D eigenvalue weighted by atomic mass is 9.96. The first-order valence-electron chi connectivity index (χ1n) is 5.50. The van der Waals surface area contributed by atoms with Crippen LogP contribution in [0.2, 0.25) is 0 Å². The molecule has 5 heteroatoms. The molecule has 0 amide bonds. The van der Waals surface area contributed by atoms with Crippen molar-refractivity contribution in [1.29, 1.82) is 0 Å². The normalized spacial score (nSPS) is 12.3. The summed E-state index contributed by atoms with van der Waals surface area (Å²) >= 11 is 1.45. The molecule has 0 spiro atoms. The van der Waals surface area contributed by atoms with Crippen molar-refractivity contribution < 1.29 is 14.3 Å². The molecule has 2 aromatic rings. The first-order valence-corrected chi connectivity index (χ1v) is 6.37. The van der Waals surface area contributed by atoms with Gasteiger partial charge in [0.2, 0.25) is 0 Å². The van der Waals surface area contributed by atoms with Crippen LogP contribution in [0.5, 0.6) is 0 Å². The zero-order valence-electron chi connectivity index (χ0n) is 9.54. The average molecular weight is 265 g/mol. The third kappa shape index (κ3) is 3.37. The predicted molar refractivity (Wildman–Crippen MR) is 67.0 cm³/mol. The fraction of sp³-hybridized carbons (Fsp3) is 0.231. The molecule has 1 heterocycles. The Hall–Kier alpha value is -1.75. The highest BCUT2D eigenvalue weighted by Crippen LogP contribution is 2.17. The van der Waals surface area contributed by atoms with Gasteiger partial charge in [-0.25, -0.2) is 4.39 Å². The molecule has 0 saturated heterocycles. The second-order valence-electron chi connectivity index (χ2n) is 4.04. The molecule has 3 nitrogen and oxygen atoms in total. The van der Waals surface area contributed by atoms with Gasteiger partial charge < -0.3 is 5.11 Å². The minimum atomic E-state index is -0.840. The van der Waals surface area contributed by atoms with Crippen molar-refractivity contribution in [2.45, 2.75) is 12.8 Å². The Balaban J connectivity index is 2.06. The summed E-state index contributed by atoms with van der Waals surface area (Å²) in [6.07, 6.45) is 2.54. The van der Waals surface area contributed by atoms with E-state index in [1.807, 2.05) is 0 Å². The Labute approximate surface area is 108 Å². The third-order valence-corrected chi connectivity index (χ3v) is 3.48. The second kappa shape index (κ2) is 5.73. The van der Waals surface area contributed by atoms with Crippen LogP contribution in [-0.4, -0.2) is 16.1 Å². The molecule has 1 N–H and O–H groups in total. The van der Waals surface area contributed by atoms with Gasteiger partial charge in [0, 0.05) is 11.1 Å². The Morgan fingerprint density at radius 1 is 1.33 bits per heavy atom. The van der Waals surface area contributed by atoms with Gasteiger partial charge in [-0.05, 0) is 30.5 Å². The zero-order chi connectivity index (χ0) is 13.0. The highest BCUT2D eigenvalue weighted by molar-refractivity contribution is 7.09. The van der Waals surface area contributed by atoms with Crippen molar-refractivity contribution in [2.24, 2.45) is 5.92 Å². The number of carbonyl (C=O) groups is 1. The lowest BCUT2D eigenvalue weighted by Crippen LogP contribution is -2.18. The van der Waals surface area contributed by atoms with Crippen LogP contribution in [0.3, 0.4) is 0 Å². The van der Waals surface area contributed by atoms with Gasteiger partial charge in [0.1, 0.15) is 5.82 Å². The highest BCUT2D eigenvalue weighted by Gasteiger charge is 2.19. The van der Waals surface area contributed by atoms with Crippen molar-refractivity contribution in [3.05, 3.63) is 52.2 Å². The quantitative estimate of drug-likeness (QED) is 0.904. The Bertz CT molecular complexity index is 510. The van der Waals surface area contributed by atoms with Crippen molar-refractivity contribution in [3.63, 3.8) is 0 Å². The highest BCUT2D eigenvalue weighted by atomic mass is 32.1. The smallest absolute Gasteiger partial charge is 0.307 e. The van der Waals surface area contributed by atoms with Gasteiger partial charge in [-0.15, -0.1) is 11.3 Å². The van der Waals surface area contributed by atoms with Crippen LogP contribution in [0.25, 0.3) is 0 Å². The van der Waals surface area contributed by atoms with Crippen LogP contribution in [-0.2, 0) is 17.6 Å². The molecule has 2 rings (SSSR count). The zero-order valence-corrected chi connectivity index (χ0v) is 10.4. The molecule has 0 bridgehead atoms. The van der Waals surface area contributed by atoms with Crippen LogP contribution in [0.15, 0.2) is 36.0 Å². The summed E-state index contributed by atoms with van der Waals surface area (Å²) in [7, 11) is 0. The molecule has 0 aliphatic heterocycles. The molecule has 0 saturated carbocycles. The third-order valence-electron chi connectivity index (χ3n) is 2.68. The van der Waals surface area contributed by atoms with Crippen LogP contribution in [0, 0.1) is 11.7 Å². The van der Waals surface area contributed by atoms with E-state index in [1.165, 1.54) is 23.5 Å². The topological polar surface area (TPSA) is 50.2 Å². The van der Waals surface area contributed by atoms with E-state index >= 15 is 0 Å². The number of hydrogen-bond donors (Lipinski definition) is 1. The largest absolute Gasteiger partial charge is 0.481 e. The van der Waals surface area contributed by atoms with Gasteiger partial charge in [-0.1, -0.05) is 12.1 Å². The van der Waals surface area contributed by atoms with E-state index in [-0.39, 0.29) is 5.82 Å². The summed E-state index contributed by atoms with van der Waals surface area (Å²) in [5, 5.41) is 9.20. The fourth-order valence-electron chi connectivity index (χ4n) is 1.74. The molecule has 1 atom stereocenters. The second-order valence-corrected chi connectivity index (χ2v) is 5.01. The maximum atomic E-state index is 12.8. The number of halogens is 1. The summed E-state index contributed by atoms with van der Waals surface area (Å²) in [5.41, 5.74) is 2.51. The number of thiazole rings is 1. The van der Waals surface area contributed by atoms with Gasteiger partial charge in [-0.3, -0.25) is 9.78 Å². The monoisotopic (exact) mass is 265 g/mol. The molecule has 18 heavy (non-hydrogen) atoms. The van der Waals surface area contributed by atoms with E-state index in [9.17, 15) is 14.3 Å². The first kappa shape index (κ1) is 12.7. The van der Waals surface area contributed by atoms with E-state index in [4.69, 9.17) is 0 Å². The van der Waals surface area contributed by atoms with Gasteiger partial charge in [0.05, 0.1) is 11.4 Å². The van der Waals surface area contributed by atoms with Crippen LogP contribution in [0.1, 0.15) is 10.4 Å². The number of nitrogens with zero attached hydrogens (tertiary/aromatic N) is 1. The van der Waals surface area contributed by atoms with Gasteiger partial charge in [-0.2, -0.15) is 0 Å². The maximum absolute atomic E-state index is 12.8. The molecular weight excluding hydrogens is 253 g/mol. The SMILES string of the molecule is O=C(O)C(Cc1ccc(F)cc1)Cc1cncs1. The summed E-state index contributed by atoms with van der Waals surface area (Å²) in [6.45, 7) is 0. The molecule has 94 valence electrons. The Morgan fingerprint density at radius 3 is 2.61 bits per heavy atom. The molecule has 1 aromatic carbocycles. The minimum absolute atomic E-state index is 0.312.